The number of benzene rings is 1. The molecule has 1 atom stereocenters. The Balaban J connectivity index is 1.95. The summed E-state index contributed by atoms with van der Waals surface area (Å²) >= 11 is 0. The number of ketones is 1. The van der Waals surface area contributed by atoms with Crippen molar-refractivity contribution in [1.82, 2.24) is 4.90 Å². The monoisotopic (exact) mass is 341 g/mol. The lowest BCUT2D eigenvalue weighted by Gasteiger charge is -2.22. The predicted octanol–water partition coefficient (Wildman–Crippen LogP) is 3.28. The number of nitrogens with zero attached hydrogens (tertiary/aromatic N) is 1. The third kappa shape index (κ3) is 3.03. The van der Waals surface area contributed by atoms with Crippen LogP contribution in [0.25, 0.3) is 0 Å². The van der Waals surface area contributed by atoms with Crippen LogP contribution in [-0.2, 0) is 4.79 Å². The van der Waals surface area contributed by atoms with Crippen LogP contribution in [0, 0.1) is 0 Å². The van der Waals surface area contributed by atoms with Crippen LogP contribution in [0.5, 0.6) is 5.75 Å². The molecular weight excluding hydrogens is 322 g/mol. The second-order valence-corrected chi connectivity index (χ2v) is 5.80. The minimum absolute atomic E-state index is 0.0182. The Bertz CT molecular complexity index is 805. The highest BCUT2D eigenvalue weighted by Crippen LogP contribution is 2.38. The number of ether oxygens (including phenoxy) is 1. The van der Waals surface area contributed by atoms with E-state index in [0.717, 1.165) is 6.42 Å². The molecule has 2 heterocycles. The first-order valence-electron chi connectivity index (χ1n) is 8.05. The van der Waals surface area contributed by atoms with Gasteiger partial charge < -0.3 is 19.2 Å². The van der Waals surface area contributed by atoms with Crippen molar-refractivity contribution in [3.05, 3.63) is 65.3 Å². The summed E-state index contributed by atoms with van der Waals surface area (Å²) < 4.78 is 10.7. The van der Waals surface area contributed by atoms with Crippen LogP contribution in [0.4, 0.5) is 0 Å². The summed E-state index contributed by atoms with van der Waals surface area (Å²) in [6.45, 7) is 2.64. The van der Waals surface area contributed by atoms with Crippen LogP contribution < -0.4 is 4.74 Å². The molecule has 0 bridgehead atoms. The number of likely N-dealkylation sites (N-methyl/N-ethyl adjacent to an activating group) is 1. The Labute approximate surface area is 145 Å². The van der Waals surface area contributed by atoms with Gasteiger partial charge in [0.2, 0.25) is 5.78 Å². The summed E-state index contributed by atoms with van der Waals surface area (Å²) in [6, 6.07) is 9.55. The van der Waals surface area contributed by atoms with E-state index in [2.05, 4.69) is 0 Å². The van der Waals surface area contributed by atoms with Gasteiger partial charge in [0.05, 0.1) is 24.5 Å². The molecule has 0 saturated heterocycles. The number of carbonyl (C=O) groups excluding carboxylic acids is 2. The quantitative estimate of drug-likeness (QED) is 0.816. The van der Waals surface area contributed by atoms with Crippen molar-refractivity contribution >= 4 is 11.7 Å². The van der Waals surface area contributed by atoms with E-state index < -0.39 is 23.5 Å². The van der Waals surface area contributed by atoms with E-state index in [0.29, 0.717) is 17.9 Å². The molecule has 1 aromatic heterocycles. The second kappa shape index (κ2) is 6.84. The number of rotatable bonds is 6. The summed E-state index contributed by atoms with van der Waals surface area (Å²) in [7, 11) is 1.55. The van der Waals surface area contributed by atoms with E-state index in [1.807, 2.05) is 6.92 Å². The van der Waals surface area contributed by atoms with Crippen LogP contribution in [0.15, 0.2) is 58.4 Å². The Morgan fingerprint density at radius 3 is 2.60 bits per heavy atom. The van der Waals surface area contributed by atoms with Crippen molar-refractivity contribution in [2.75, 3.05) is 13.7 Å². The van der Waals surface area contributed by atoms with Gasteiger partial charge in [-0.1, -0.05) is 19.1 Å². The second-order valence-electron chi connectivity index (χ2n) is 5.80. The zero-order valence-corrected chi connectivity index (χ0v) is 14.1. The van der Waals surface area contributed by atoms with E-state index >= 15 is 0 Å². The summed E-state index contributed by atoms with van der Waals surface area (Å²) in [5.74, 6) is -0.842. The van der Waals surface area contributed by atoms with Crippen molar-refractivity contribution in [2.45, 2.75) is 19.4 Å². The third-order valence-electron chi connectivity index (χ3n) is 4.10. The van der Waals surface area contributed by atoms with Crippen LogP contribution in [0.1, 0.15) is 35.5 Å². The van der Waals surface area contributed by atoms with E-state index in [9.17, 15) is 14.7 Å². The van der Waals surface area contributed by atoms with E-state index in [4.69, 9.17) is 9.15 Å². The molecule has 130 valence electrons. The van der Waals surface area contributed by atoms with Crippen LogP contribution in [0.2, 0.25) is 0 Å². The molecule has 1 aliphatic heterocycles. The van der Waals surface area contributed by atoms with Crippen molar-refractivity contribution in [3.63, 3.8) is 0 Å². The van der Waals surface area contributed by atoms with Gasteiger partial charge in [-0.25, -0.2) is 0 Å². The molecule has 2 aromatic rings. The Morgan fingerprint density at radius 1 is 1.28 bits per heavy atom. The third-order valence-corrected chi connectivity index (χ3v) is 4.10. The average molecular weight is 341 g/mol. The first-order valence-corrected chi connectivity index (χ1v) is 8.05. The van der Waals surface area contributed by atoms with Crippen LogP contribution in [-0.4, -0.2) is 35.4 Å². The summed E-state index contributed by atoms with van der Waals surface area (Å²) in [6.07, 6.45) is 2.28. The maximum absolute atomic E-state index is 12.7. The molecule has 6 heteroatoms. The molecule has 0 fully saturated rings. The molecule has 0 aliphatic carbocycles. The first-order chi connectivity index (χ1) is 12.0. The highest BCUT2D eigenvalue weighted by Gasteiger charge is 2.42. The minimum Gasteiger partial charge on any atom is -0.503 e. The normalized spacial score (nSPS) is 17.3. The van der Waals surface area contributed by atoms with E-state index in [-0.39, 0.29) is 11.3 Å². The lowest BCUT2D eigenvalue weighted by Crippen LogP contribution is -2.26. The van der Waals surface area contributed by atoms with Gasteiger partial charge in [-0.3, -0.25) is 9.59 Å². The molecule has 1 aromatic carbocycles. The number of Topliss-reactive ketones (excluding diaryl/α,β-unsaturated/α-hetero) is 1. The fourth-order valence-electron chi connectivity index (χ4n) is 2.85. The SMILES string of the molecule is CCCOc1ccc(C2C(C(=O)c3ccco3)=C(O)C(=O)N2C)cc1. The summed E-state index contributed by atoms with van der Waals surface area (Å²) in [4.78, 5) is 26.2. The summed E-state index contributed by atoms with van der Waals surface area (Å²) in [5, 5.41) is 10.2. The lowest BCUT2D eigenvalue weighted by molar-refractivity contribution is -0.128. The van der Waals surface area contributed by atoms with Crippen molar-refractivity contribution in [1.29, 1.82) is 0 Å². The summed E-state index contributed by atoms with van der Waals surface area (Å²) in [5.41, 5.74) is 0.725. The van der Waals surface area contributed by atoms with Gasteiger partial charge in [-0.05, 0) is 36.2 Å². The number of amides is 1. The van der Waals surface area contributed by atoms with E-state index in [1.165, 1.54) is 17.2 Å². The highest BCUT2D eigenvalue weighted by atomic mass is 16.5. The highest BCUT2D eigenvalue weighted by molar-refractivity contribution is 6.14. The molecule has 1 N–H and O–H groups in total. The molecule has 3 rings (SSSR count). The van der Waals surface area contributed by atoms with Crippen LogP contribution in [0.3, 0.4) is 0 Å². The number of hydrogen-bond acceptors (Lipinski definition) is 5. The van der Waals surface area contributed by atoms with Crippen LogP contribution >= 0.6 is 0 Å². The smallest absolute Gasteiger partial charge is 0.289 e. The Kier molecular flexibility index (Phi) is 4.61. The van der Waals surface area contributed by atoms with Gasteiger partial charge in [0.25, 0.3) is 5.91 Å². The van der Waals surface area contributed by atoms with Crippen molar-refractivity contribution < 1.29 is 23.8 Å². The molecule has 0 saturated carbocycles. The largest absolute Gasteiger partial charge is 0.503 e. The zero-order valence-electron chi connectivity index (χ0n) is 14.1. The standard InChI is InChI=1S/C19H19NO5/c1-3-10-24-13-8-6-12(7-9-13)16-15(18(22)19(23)20(16)2)17(21)14-5-4-11-25-14/h4-9,11,16,22H,3,10H2,1-2H3. The molecule has 1 amide bonds. The minimum atomic E-state index is -0.676. The van der Waals surface area contributed by atoms with Gasteiger partial charge in [0.15, 0.2) is 11.5 Å². The first kappa shape index (κ1) is 16.8. The molecule has 1 unspecified atom stereocenters. The maximum Gasteiger partial charge on any atom is 0.289 e. The van der Waals surface area contributed by atoms with Gasteiger partial charge >= 0.3 is 0 Å². The number of furan rings is 1. The van der Waals surface area contributed by atoms with Gasteiger partial charge in [0.1, 0.15) is 5.75 Å². The maximum atomic E-state index is 12.7. The molecule has 1 aliphatic rings. The fraction of sp³-hybridized carbons (Fsp3) is 0.263. The molecule has 25 heavy (non-hydrogen) atoms. The Hall–Kier alpha value is -3.02. The van der Waals surface area contributed by atoms with Gasteiger partial charge in [0, 0.05) is 7.05 Å². The molecule has 0 spiro atoms. The lowest BCUT2D eigenvalue weighted by atomic mass is 9.95. The number of aliphatic hydroxyl groups excluding tert-OH is 1. The Morgan fingerprint density at radius 2 is 2.00 bits per heavy atom. The fourth-order valence-corrected chi connectivity index (χ4v) is 2.85. The predicted molar refractivity (Wildman–Crippen MR) is 90.4 cm³/mol. The molecule has 0 radical (unpaired) electrons. The zero-order chi connectivity index (χ0) is 18.0. The number of carbonyl (C=O) groups is 2. The molecular formula is C19H19NO5. The van der Waals surface area contributed by atoms with Gasteiger partial charge in [-0.15, -0.1) is 0 Å². The van der Waals surface area contributed by atoms with E-state index in [1.54, 1.807) is 37.4 Å². The number of aliphatic hydroxyl groups is 1. The van der Waals surface area contributed by atoms with Crippen molar-refractivity contribution in [2.24, 2.45) is 0 Å². The van der Waals surface area contributed by atoms with Crippen molar-refractivity contribution in [3.8, 4) is 5.75 Å². The average Bonchev–Trinajstić information content (AvgIpc) is 3.23. The topological polar surface area (TPSA) is 80.0 Å². The van der Waals surface area contributed by atoms with Gasteiger partial charge in [-0.2, -0.15) is 0 Å². The molecule has 6 nitrogen and oxygen atoms in total. The number of hydrogen-bond donors (Lipinski definition) is 1.